The molecule has 0 radical (unpaired) electrons. The number of nitrogens with zero attached hydrogens (tertiary/aromatic N) is 2. The largest absolute Gasteiger partial charge is 0.385 e. The molecule has 0 N–H and O–H groups in total. The van der Waals surface area contributed by atoms with Gasteiger partial charge in [0, 0.05) is 39.1 Å². The molecule has 0 bridgehead atoms. The summed E-state index contributed by atoms with van der Waals surface area (Å²) in [6, 6.07) is 27.8. The van der Waals surface area contributed by atoms with Crippen LogP contribution < -0.4 is 0 Å². The molecule has 1 aliphatic carbocycles. The summed E-state index contributed by atoms with van der Waals surface area (Å²) in [6.07, 6.45) is 6.49. The van der Waals surface area contributed by atoms with Gasteiger partial charge in [0.05, 0.1) is 19.3 Å². The SMILES string of the molecule is COCCCc1ccccc1CC1(CO[C@H]2CN(C(=O)CCCO[N+](=O)[O-])CC[C@@H]2c2cccc(-c3ccccc3)c2)CC1. The van der Waals surface area contributed by atoms with E-state index in [0.29, 0.717) is 26.1 Å². The summed E-state index contributed by atoms with van der Waals surface area (Å²) in [5, 5.41) is 9.68. The van der Waals surface area contributed by atoms with Gasteiger partial charge in [-0.3, -0.25) is 4.79 Å². The molecule has 0 unspecified atom stereocenters. The number of hydrogen-bond acceptors (Lipinski definition) is 6. The Morgan fingerprint density at radius 1 is 0.955 bits per heavy atom. The van der Waals surface area contributed by atoms with Crippen molar-refractivity contribution >= 4 is 5.91 Å². The van der Waals surface area contributed by atoms with Crippen molar-refractivity contribution in [3.8, 4) is 11.1 Å². The highest BCUT2D eigenvalue weighted by molar-refractivity contribution is 5.76. The van der Waals surface area contributed by atoms with Gasteiger partial charge in [0.1, 0.15) is 0 Å². The molecule has 2 atom stereocenters. The van der Waals surface area contributed by atoms with Gasteiger partial charge in [-0.1, -0.05) is 78.9 Å². The van der Waals surface area contributed by atoms with Crippen molar-refractivity contribution in [3.63, 3.8) is 0 Å². The van der Waals surface area contributed by atoms with E-state index >= 15 is 0 Å². The third-order valence-electron chi connectivity index (χ3n) is 9.10. The molecule has 2 aliphatic rings. The standard InChI is InChI=1S/C36H44N2O6/c1-42-22-8-16-29-12-5-6-13-32(29)25-36(19-20-36)27-43-34-26-37(35(39)17-9-23-44-38(40)41)21-18-33(34)31-15-7-14-30(24-31)28-10-3-2-4-11-28/h2-7,10-15,24,33-34H,8-9,16-23,25-27H2,1H3/t33-,34+/m1/s1. The van der Waals surface area contributed by atoms with E-state index in [1.165, 1.54) is 27.8 Å². The monoisotopic (exact) mass is 600 g/mol. The first-order valence-corrected chi connectivity index (χ1v) is 15.8. The van der Waals surface area contributed by atoms with Crippen LogP contribution in [0.2, 0.25) is 0 Å². The molecule has 0 aromatic heterocycles. The molecule has 1 heterocycles. The van der Waals surface area contributed by atoms with E-state index in [0.717, 1.165) is 45.1 Å². The van der Waals surface area contributed by atoms with Gasteiger partial charge in [0.25, 0.3) is 5.09 Å². The maximum atomic E-state index is 13.1. The van der Waals surface area contributed by atoms with Crippen molar-refractivity contribution < 1.29 is 24.2 Å². The molecule has 3 aromatic rings. The second-order valence-electron chi connectivity index (χ2n) is 12.3. The minimum atomic E-state index is -0.810. The Kier molecular flexibility index (Phi) is 11.0. The summed E-state index contributed by atoms with van der Waals surface area (Å²) in [5.74, 6) is 0.158. The Labute approximate surface area is 260 Å². The summed E-state index contributed by atoms with van der Waals surface area (Å²) in [6.45, 7) is 2.50. The number of amides is 1. The Morgan fingerprint density at radius 3 is 2.45 bits per heavy atom. The van der Waals surface area contributed by atoms with Crippen LogP contribution in [0, 0.1) is 15.5 Å². The lowest BCUT2D eigenvalue weighted by molar-refractivity contribution is -0.757. The second-order valence-corrected chi connectivity index (χ2v) is 12.3. The van der Waals surface area contributed by atoms with Crippen LogP contribution in [-0.4, -0.2) is 62.0 Å². The number of methoxy groups -OCH3 is 1. The zero-order valence-corrected chi connectivity index (χ0v) is 25.7. The average molecular weight is 601 g/mol. The Bertz CT molecular complexity index is 1380. The molecule has 8 nitrogen and oxygen atoms in total. The number of carbonyl (C=O) groups is 1. The molecular weight excluding hydrogens is 556 g/mol. The van der Waals surface area contributed by atoms with Crippen molar-refractivity contribution in [2.75, 3.05) is 40.0 Å². The summed E-state index contributed by atoms with van der Waals surface area (Å²) < 4.78 is 12.1. The van der Waals surface area contributed by atoms with E-state index in [1.54, 1.807) is 7.11 Å². The van der Waals surface area contributed by atoms with E-state index in [4.69, 9.17) is 9.47 Å². The molecule has 5 rings (SSSR count). The smallest absolute Gasteiger partial charge is 0.294 e. The van der Waals surface area contributed by atoms with Crippen molar-refractivity contribution in [1.29, 1.82) is 0 Å². The van der Waals surface area contributed by atoms with Crippen LogP contribution in [0.4, 0.5) is 0 Å². The molecule has 3 aromatic carbocycles. The van der Waals surface area contributed by atoms with Gasteiger partial charge in [-0.15, -0.1) is 10.1 Å². The number of likely N-dealkylation sites (tertiary alicyclic amines) is 1. The van der Waals surface area contributed by atoms with Crippen molar-refractivity contribution in [3.05, 3.63) is 106 Å². The van der Waals surface area contributed by atoms with Crippen LogP contribution in [0.25, 0.3) is 11.1 Å². The summed E-state index contributed by atoms with van der Waals surface area (Å²) >= 11 is 0. The third-order valence-corrected chi connectivity index (χ3v) is 9.10. The summed E-state index contributed by atoms with van der Waals surface area (Å²) in [5.41, 5.74) is 6.50. The third kappa shape index (κ3) is 8.67. The second kappa shape index (κ2) is 15.3. The zero-order chi connectivity index (χ0) is 30.8. The fourth-order valence-corrected chi connectivity index (χ4v) is 6.41. The molecule has 1 aliphatic heterocycles. The molecule has 44 heavy (non-hydrogen) atoms. The Balaban J connectivity index is 1.29. The summed E-state index contributed by atoms with van der Waals surface area (Å²) in [4.78, 5) is 29.9. The first-order chi connectivity index (χ1) is 21.5. The van der Waals surface area contributed by atoms with Crippen molar-refractivity contribution in [2.24, 2.45) is 5.41 Å². The number of hydrogen-bond donors (Lipinski definition) is 0. The highest BCUT2D eigenvalue weighted by atomic mass is 16.9. The molecule has 0 spiro atoms. The van der Waals surface area contributed by atoms with Gasteiger partial charge in [-0.05, 0) is 78.2 Å². The first kappa shape index (κ1) is 31.7. The van der Waals surface area contributed by atoms with E-state index in [-0.39, 0.29) is 36.4 Å². The predicted octanol–water partition coefficient (Wildman–Crippen LogP) is 6.65. The fourth-order valence-electron chi connectivity index (χ4n) is 6.41. The topological polar surface area (TPSA) is 91.1 Å². The quantitative estimate of drug-likeness (QED) is 0.104. The maximum Gasteiger partial charge on any atom is 0.294 e. The number of ether oxygens (including phenoxy) is 2. The van der Waals surface area contributed by atoms with Gasteiger partial charge in [-0.2, -0.15) is 0 Å². The number of piperidine rings is 1. The normalized spacial score (nSPS) is 19.0. The van der Waals surface area contributed by atoms with Crippen LogP contribution in [0.5, 0.6) is 0 Å². The number of aryl methyl sites for hydroxylation is 1. The predicted molar refractivity (Wildman–Crippen MR) is 170 cm³/mol. The molecule has 1 saturated carbocycles. The minimum absolute atomic E-state index is 0.00634. The zero-order valence-electron chi connectivity index (χ0n) is 25.7. The maximum absolute atomic E-state index is 13.1. The lowest BCUT2D eigenvalue weighted by Crippen LogP contribution is -2.47. The Morgan fingerprint density at radius 2 is 1.70 bits per heavy atom. The lowest BCUT2D eigenvalue weighted by Gasteiger charge is -2.39. The number of benzene rings is 3. The van der Waals surface area contributed by atoms with E-state index in [9.17, 15) is 14.9 Å². The summed E-state index contributed by atoms with van der Waals surface area (Å²) in [7, 11) is 1.75. The molecule has 1 saturated heterocycles. The van der Waals surface area contributed by atoms with Crippen molar-refractivity contribution in [2.45, 2.75) is 63.4 Å². The van der Waals surface area contributed by atoms with Gasteiger partial charge in [-0.25, -0.2) is 0 Å². The van der Waals surface area contributed by atoms with Crippen LogP contribution >= 0.6 is 0 Å². The van der Waals surface area contributed by atoms with E-state index in [1.807, 2.05) is 11.0 Å². The van der Waals surface area contributed by atoms with Crippen molar-refractivity contribution in [1.82, 2.24) is 4.90 Å². The highest BCUT2D eigenvalue weighted by Crippen LogP contribution is 2.50. The van der Waals surface area contributed by atoms with Crippen LogP contribution in [0.3, 0.4) is 0 Å². The molecule has 1 amide bonds. The van der Waals surface area contributed by atoms with Gasteiger partial charge in [0.15, 0.2) is 0 Å². The van der Waals surface area contributed by atoms with Crippen LogP contribution in [-0.2, 0) is 31.9 Å². The highest BCUT2D eigenvalue weighted by Gasteiger charge is 2.45. The van der Waals surface area contributed by atoms with Gasteiger partial charge < -0.3 is 19.2 Å². The van der Waals surface area contributed by atoms with Crippen LogP contribution in [0.15, 0.2) is 78.9 Å². The van der Waals surface area contributed by atoms with Gasteiger partial charge in [0.2, 0.25) is 5.91 Å². The number of carbonyl (C=O) groups excluding carboxylic acids is 1. The molecule has 2 fully saturated rings. The molecule has 234 valence electrons. The first-order valence-electron chi connectivity index (χ1n) is 15.8. The fraction of sp³-hybridized carbons (Fsp3) is 0.472. The molecular formula is C36H44N2O6. The van der Waals surface area contributed by atoms with Crippen LogP contribution in [0.1, 0.15) is 61.1 Å². The lowest BCUT2D eigenvalue weighted by atomic mass is 9.85. The average Bonchev–Trinajstić information content (AvgIpc) is 3.82. The minimum Gasteiger partial charge on any atom is -0.385 e. The Hall–Kier alpha value is -3.75. The van der Waals surface area contributed by atoms with E-state index in [2.05, 4.69) is 77.6 Å². The van der Waals surface area contributed by atoms with E-state index < -0.39 is 5.09 Å². The number of rotatable bonds is 16. The van der Waals surface area contributed by atoms with Gasteiger partial charge >= 0.3 is 0 Å². The molecule has 8 heteroatoms.